The maximum absolute atomic E-state index is 11.7. The highest BCUT2D eigenvalue weighted by Crippen LogP contribution is 2.36. The zero-order valence-corrected chi connectivity index (χ0v) is 21.2. The Labute approximate surface area is 208 Å². The maximum atomic E-state index is 11.7. The second kappa shape index (κ2) is 10.3. The quantitative estimate of drug-likeness (QED) is 0.420. The number of primary amides is 1. The molecule has 0 radical (unpaired) electrons. The van der Waals surface area contributed by atoms with Crippen LogP contribution in [-0.2, 0) is 19.4 Å². The van der Waals surface area contributed by atoms with Crippen molar-refractivity contribution in [2.45, 2.75) is 29.6 Å². The molecule has 1 aromatic heterocycles. The molecule has 9 nitrogen and oxygen atoms in total. The summed E-state index contributed by atoms with van der Waals surface area (Å²) in [6.07, 6.45) is 1.22. The summed E-state index contributed by atoms with van der Waals surface area (Å²) in [4.78, 5) is 19.5. The van der Waals surface area contributed by atoms with E-state index in [9.17, 15) is 13.2 Å². The second-order valence-corrected chi connectivity index (χ2v) is 11.7. The van der Waals surface area contributed by atoms with Gasteiger partial charge in [0, 0.05) is 36.5 Å². The number of sulfone groups is 1. The minimum absolute atomic E-state index is 0.0279. The normalized spacial score (nSPS) is 16.8. The molecule has 3 N–H and O–H groups in total. The molecule has 186 valence electrons. The van der Waals surface area contributed by atoms with E-state index in [4.69, 9.17) is 19.9 Å². The first kappa shape index (κ1) is 25.1. The van der Waals surface area contributed by atoms with Crippen LogP contribution in [0.2, 0.25) is 0 Å². The van der Waals surface area contributed by atoms with Gasteiger partial charge in [-0.1, -0.05) is 11.8 Å². The molecule has 11 heteroatoms. The molecule has 2 unspecified atom stereocenters. The SMILES string of the molecule is COCC(C)Oc1cc(Oc2ccc(S(C)(=O)=O)cc2)cc2cc(C3=NCC(CC(N)=O)S3)[nH]c12. The number of H-pyrrole nitrogens is 1. The van der Waals surface area contributed by atoms with Crippen molar-refractivity contribution < 1.29 is 27.4 Å². The number of nitrogens with two attached hydrogens (primary N) is 1. The van der Waals surface area contributed by atoms with E-state index >= 15 is 0 Å². The lowest BCUT2D eigenvalue weighted by atomic mass is 10.2. The van der Waals surface area contributed by atoms with E-state index in [0.29, 0.717) is 30.4 Å². The van der Waals surface area contributed by atoms with Gasteiger partial charge < -0.3 is 24.9 Å². The number of nitrogens with zero attached hydrogens (tertiary/aromatic N) is 1. The molecule has 0 saturated carbocycles. The van der Waals surface area contributed by atoms with Crippen molar-refractivity contribution in [3.63, 3.8) is 0 Å². The molecule has 2 aromatic carbocycles. The molecule has 35 heavy (non-hydrogen) atoms. The Morgan fingerprint density at radius 1 is 1.23 bits per heavy atom. The van der Waals surface area contributed by atoms with E-state index in [-0.39, 0.29) is 28.6 Å². The van der Waals surface area contributed by atoms with Crippen molar-refractivity contribution in [3.05, 3.63) is 48.2 Å². The molecular weight excluding hydrogens is 490 g/mol. The molecule has 0 spiro atoms. The molecular formula is C24H27N3O6S2. The van der Waals surface area contributed by atoms with Crippen molar-refractivity contribution >= 4 is 43.5 Å². The van der Waals surface area contributed by atoms with Gasteiger partial charge in [0.2, 0.25) is 5.91 Å². The first-order chi connectivity index (χ1) is 16.6. The number of aromatic amines is 1. The van der Waals surface area contributed by atoms with Crippen LogP contribution in [0.5, 0.6) is 17.2 Å². The van der Waals surface area contributed by atoms with E-state index in [2.05, 4.69) is 9.98 Å². The number of aliphatic imine (C=N–C) groups is 1. The number of fused-ring (bicyclic) bond motifs is 1. The van der Waals surface area contributed by atoms with Gasteiger partial charge in [-0.15, -0.1) is 0 Å². The molecule has 0 saturated heterocycles. The first-order valence-corrected chi connectivity index (χ1v) is 13.7. The number of ether oxygens (including phenoxy) is 3. The second-order valence-electron chi connectivity index (χ2n) is 8.35. The van der Waals surface area contributed by atoms with E-state index in [0.717, 1.165) is 27.9 Å². The fourth-order valence-corrected chi connectivity index (χ4v) is 5.45. The Morgan fingerprint density at radius 3 is 2.63 bits per heavy atom. The van der Waals surface area contributed by atoms with Crippen molar-refractivity contribution in [1.82, 2.24) is 4.98 Å². The summed E-state index contributed by atoms with van der Waals surface area (Å²) in [5.41, 5.74) is 6.93. The summed E-state index contributed by atoms with van der Waals surface area (Å²) in [7, 11) is -1.68. The maximum Gasteiger partial charge on any atom is 0.218 e. The highest BCUT2D eigenvalue weighted by Gasteiger charge is 2.24. The fourth-order valence-electron chi connectivity index (χ4n) is 3.72. The zero-order valence-electron chi connectivity index (χ0n) is 19.6. The Bertz CT molecular complexity index is 1370. The van der Waals surface area contributed by atoms with Gasteiger partial charge in [0.25, 0.3) is 0 Å². The van der Waals surface area contributed by atoms with Crippen LogP contribution >= 0.6 is 11.8 Å². The van der Waals surface area contributed by atoms with Gasteiger partial charge in [-0.25, -0.2) is 8.42 Å². The highest BCUT2D eigenvalue weighted by molar-refractivity contribution is 8.15. The van der Waals surface area contributed by atoms with Gasteiger partial charge >= 0.3 is 0 Å². The number of rotatable bonds is 10. The van der Waals surface area contributed by atoms with Gasteiger partial charge in [-0.3, -0.25) is 9.79 Å². The van der Waals surface area contributed by atoms with Crippen LogP contribution in [0.15, 0.2) is 52.4 Å². The number of carbonyl (C=O) groups excluding carboxylic acids is 1. The van der Waals surface area contributed by atoms with Crippen LogP contribution < -0.4 is 15.2 Å². The topological polar surface area (TPSA) is 133 Å². The summed E-state index contributed by atoms with van der Waals surface area (Å²) in [5, 5.41) is 1.69. The number of benzene rings is 2. The monoisotopic (exact) mass is 517 g/mol. The third-order valence-electron chi connectivity index (χ3n) is 5.26. The Morgan fingerprint density at radius 2 is 1.97 bits per heavy atom. The van der Waals surface area contributed by atoms with Crippen LogP contribution in [0.1, 0.15) is 19.0 Å². The lowest BCUT2D eigenvalue weighted by Gasteiger charge is -2.16. The third kappa shape index (κ3) is 6.16. The van der Waals surface area contributed by atoms with Gasteiger partial charge in [0.05, 0.1) is 29.3 Å². The van der Waals surface area contributed by atoms with Crippen LogP contribution in [0.4, 0.5) is 0 Å². The number of amides is 1. The molecule has 2 atom stereocenters. The number of methoxy groups -OCH3 is 1. The predicted molar refractivity (Wildman–Crippen MR) is 136 cm³/mol. The number of nitrogens with one attached hydrogen (secondary N) is 1. The van der Waals surface area contributed by atoms with Crippen molar-refractivity contribution in [2.24, 2.45) is 10.7 Å². The average Bonchev–Trinajstić information content (AvgIpc) is 3.40. The van der Waals surface area contributed by atoms with Gasteiger partial charge in [-0.05, 0) is 43.3 Å². The lowest BCUT2D eigenvalue weighted by Crippen LogP contribution is -2.18. The number of hydrogen-bond donors (Lipinski definition) is 2. The first-order valence-electron chi connectivity index (χ1n) is 10.9. The average molecular weight is 518 g/mol. The number of carbonyl (C=O) groups is 1. The van der Waals surface area contributed by atoms with E-state index < -0.39 is 9.84 Å². The largest absolute Gasteiger partial charge is 0.486 e. The van der Waals surface area contributed by atoms with E-state index in [1.165, 1.54) is 23.9 Å². The fraction of sp³-hybridized carbons (Fsp3) is 0.333. The van der Waals surface area contributed by atoms with Gasteiger partial charge in [0.1, 0.15) is 28.4 Å². The summed E-state index contributed by atoms with van der Waals surface area (Å²) in [6.45, 7) is 2.84. The van der Waals surface area contributed by atoms with Crippen LogP contribution in [0.25, 0.3) is 10.9 Å². The van der Waals surface area contributed by atoms with Crippen molar-refractivity contribution in [2.75, 3.05) is 26.5 Å². The third-order valence-corrected chi connectivity index (χ3v) is 7.61. The summed E-state index contributed by atoms with van der Waals surface area (Å²) in [5.74, 6) is 1.26. The van der Waals surface area contributed by atoms with Crippen LogP contribution in [0.3, 0.4) is 0 Å². The number of thioether (sulfide) groups is 1. The molecule has 0 bridgehead atoms. The molecule has 4 rings (SSSR count). The van der Waals surface area contributed by atoms with Crippen molar-refractivity contribution in [3.8, 4) is 17.2 Å². The van der Waals surface area contributed by atoms with E-state index in [1.54, 1.807) is 25.3 Å². The molecule has 1 aliphatic heterocycles. The molecule has 3 aromatic rings. The van der Waals surface area contributed by atoms with Crippen molar-refractivity contribution in [1.29, 1.82) is 0 Å². The summed E-state index contributed by atoms with van der Waals surface area (Å²) >= 11 is 1.52. The van der Waals surface area contributed by atoms with Gasteiger partial charge in [0.15, 0.2) is 9.84 Å². The lowest BCUT2D eigenvalue weighted by molar-refractivity contribution is -0.117. The number of hydrogen-bond acceptors (Lipinski definition) is 8. The van der Waals surface area contributed by atoms with Crippen LogP contribution in [-0.4, -0.2) is 62.2 Å². The molecule has 1 aliphatic rings. The number of aromatic nitrogens is 1. The minimum Gasteiger partial charge on any atom is -0.486 e. The van der Waals surface area contributed by atoms with Gasteiger partial charge in [-0.2, -0.15) is 0 Å². The Kier molecular flexibility index (Phi) is 7.39. The van der Waals surface area contributed by atoms with Crippen LogP contribution in [0, 0.1) is 0 Å². The molecule has 0 aliphatic carbocycles. The minimum atomic E-state index is -3.29. The summed E-state index contributed by atoms with van der Waals surface area (Å²) in [6, 6.07) is 11.8. The Balaban J connectivity index is 1.65. The van der Waals surface area contributed by atoms with E-state index in [1.807, 2.05) is 19.1 Å². The summed E-state index contributed by atoms with van der Waals surface area (Å²) < 4.78 is 40.8. The highest BCUT2D eigenvalue weighted by atomic mass is 32.2. The predicted octanol–water partition coefficient (Wildman–Crippen LogP) is 3.51. The molecule has 1 amide bonds. The zero-order chi connectivity index (χ0) is 25.2. The molecule has 2 heterocycles. The smallest absolute Gasteiger partial charge is 0.218 e. The molecule has 0 fully saturated rings. The standard InChI is InChI=1S/C24H27N3O6S2/c1-14(13-31-2)32-21-10-17(33-16-4-6-19(7-5-16)35(3,29)30)8-15-9-20(27-23(15)21)24-26-12-18(34-24)11-22(25)28/h4-10,14,18,27H,11-13H2,1-3H3,(H2,25,28). The Hall–Kier alpha value is -3.02.